The largest absolute Gasteiger partial charge is 0.307 e. The van der Waals surface area contributed by atoms with E-state index in [0.717, 1.165) is 5.69 Å². The lowest BCUT2D eigenvalue weighted by molar-refractivity contribution is 1.13. The average Bonchev–Trinajstić information content (AvgIpc) is 3.62. The maximum Gasteiger partial charge on any atom is 0.0782 e. The number of nitrogens with zero attached hydrogens (tertiary/aromatic N) is 2. The van der Waals surface area contributed by atoms with Gasteiger partial charge in [-0.25, -0.2) is 0 Å². The zero-order valence-corrected chi connectivity index (χ0v) is 24.1. The summed E-state index contributed by atoms with van der Waals surface area (Å²) < 4.78 is 4.90. The van der Waals surface area contributed by atoms with Crippen molar-refractivity contribution in [2.45, 2.75) is 0 Å². The van der Waals surface area contributed by atoms with Gasteiger partial charge in [0.05, 0.1) is 27.8 Å². The molecular formula is C42H28N2. The molecule has 0 saturated heterocycles. The summed E-state index contributed by atoms with van der Waals surface area (Å²) in [7, 11) is 0. The molecule has 0 fully saturated rings. The zero-order valence-electron chi connectivity index (χ0n) is 24.1. The van der Waals surface area contributed by atoms with Gasteiger partial charge in [-0.1, -0.05) is 133 Å². The summed E-state index contributed by atoms with van der Waals surface area (Å²) in [6.07, 6.45) is 0. The van der Waals surface area contributed by atoms with E-state index in [9.17, 15) is 0 Å². The fraction of sp³-hybridized carbons (Fsp3) is 0. The third-order valence-corrected chi connectivity index (χ3v) is 8.93. The van der Waals surface area contributed by atoms with Crippen molar-refractivity contribution in [1.29, 1.82) is 0 Å². The highest BCUT2D eigenvalue weighted by Crippen LogP contribution is 2.43. The highest BCUT2D eigenvalue weighted by molar-refractivity contribution is 6.18. The monoisotopic (exact) mass is 560 g/mol. The van der Waals surface area contributed by atoms with Gasteiger partial charge >= 0.3 is 0 Å². The summed E-state index contributed by atoms with van der Waals surface area (Å²) >= 11 is 0. The van der Waals surface area contributed by atoms with Crippen LogP contribution in [-0.4, -0.2) is 9.13 Å². The number of para-hydroxylation sites is 4. The Kier molecular flexibility index (Phi) is 5.54. The Morgan fingerprint density at radius 3 is 1.66 bits per heavy atom. The first-order valence-electron chi connectivity index (χ1n) is 15.1. The fourth-order valence-corrected chi connectivity index (χ4v) is 7.12. The highest BCUT2D eigenvalue weighted by atomic mass is 15.1. The van der Waals surface area contributed by atoms with Crippen molar-refractivity contribution in [3.05, 3.63) is 170 Å². The van der Waals surface area contributed by atoms with Gasteiger partial charge in [-0.2, -0.15) is 0 Å². The smallest absolute Gasteiger partial charge is 0.0782 e. The first-order valence-corrected chi connectivity index (χ1v) is 15.1. The van der Waals surface area contributed by atoms with Gasteiger partial charge in [-0.3, -0.25) is 0 Å². The second-order valence-corrected chi connectivity index (χ2v) is 11.3. The molecule has 0 atom stereocenters. The first-order chi connectivity index (χ1) is 21.9. The lowest BCUT2D eigenvalue weighted by Gasteiger charge is -2.15. The molecule has 44 heavy (non-hydrogen) atoms. The van der Waals surface area contributed by atoms with E-state index < -0.39 is 0 Å². The van der Waals surface area contributed by atoms with Crippen LogP contribution in [0, 0.1) is 0 Å². The molecule has 0 spiro atoms. The number of hydrogen-bond donors (Lipinski definition) is 0. The van der Waals surface area contributed by atoms with Crippen LogP contribution in [0.1, 0.15) is 0 Å². The summed E-state index contributed by atoms with van der Waals surface area (Å²) in [4.78, 5) is 0. The third-order valence-electron chi connectivity index (χ3n) is 8.93. The molecule has 0 N–H and O–H groups in total. The van der Waals surface area contributed by atoms with Crippen LogP contribution in [0.5, 0.6) is 0 Å². The van der Waals surface area contributed by atoms with E-state index in [0.29, 0.717) is 0 Å². The topological polar surface area (TPSA) is 9.86 Å². The van der Waals surface area contributed by atoms with Gasteiger partial charge in [-0.15, -0.1) is 0 Å². The first kappa shape index (κ1) is 24.7. The fourth-order valence-electron chi connectivity index (χ4n) is 7.12. The van der Waals surface area contributed by atoms with Gasteiger partial charge in [0.25, 0.3) is 0 Å². The Morgan fingerprint density at radius 1 is 0.318 bits per heavy atom. The molecule has 2 heterocycles. The van der Waals surface area contributed by atoms with Crippen LogP contribution >= 0.6 is 0 Å². The van der Waals surface area contributed by atoms with Gasteiger partial charge in [0.15, 0.2) is 0 Å². The van der Waals surface area contributed by atoms with Crippen molar-refractivity contribution in [2.75, 3.05) is 0 Å². The molecule has 0 bridgehead atoms. The van der Waals surface area contributed by atoms with Crippen molar-refractivity contribution in [1.82, 2.24) is 9.13 Å². The molecule has 0 amide bonds. The third kappa shape index (κ3) is 3.61. The molecule has 9 rings (SSSR count). The number of rotatable bonds is 4. The summed E-state index contributed by atoms with van der Waals surface area (Å²) in [5, 5.41) is 5.02. The Morgan fingerprint density at radius 2 is 0.864 bits per heavy atom. The van der Waals surface area contributed by atoms with E-state index in [1.54, 1.807) is 0 Å². The van der Waals surface area contributed by atoms with Gasteiger partial charge in [0.2, 0.25) is 0 Å². The molecule has 0 radical (unpaired) electrons. The van der Waals surface area contributed by atoms with E-state index >= 15 is 0 Å². The van der Waals surface area contributed by atoms with Crippen molar-refractivity contribution in [3.63, 3.8) is 0 Å². The van der Waals surface area contributed by atoms with Crippen molar-refractivity contribution >= 4 is 43.6 Å². The van der Waals surface area contributed by atoms with Crippen LogP contribution in [0.15, 0.2) is 170 Å². The average molecular weight is 561 g/mol. The predicted molar refractivity (Wildman–Crippen MR) is 186 cm³/mol. The summed E-state index contributed by atoms with van der Waals surface area (Å²) in [5.74, 6) is 0. The zero-order chi connectivity index (χ0) is 29.0. The predicted octanol–water partition coefficient (Wildman–Crippen LogP) is 11.2. The molecule has 7 aromatic carbocycles. The quantitative estimate of drug-likeness (QED) is 0.203. The van der Waals surface area contributed by atoms with Crippen molar-refractivity contribution in [2.24, 2.45) is 0 Å². The standard InChI is InChI=1S/C42H28N2/c1-3-15-29(16-4-1)31-19-7-8-20-32(31)34-23-13-27-39-41(34)36-22-10-12-26-38(36)44(39)40-28-14-24-35-33-21-9-11-25-37(33)43(42(35)40)30-17-5-2-6-18-30/h1-28H. The van der Waals surface area contributed by atoms with Crippen LogP contribution in [0.25, 0.3) is 77.2 Å². The van der Waals surface area contributed by atoms with E-state index in [-0.39, 0.29) is 0 Å². The normalized spacial score (nSPS) is 11.6. The molecule has 9 aromatic rings. The summed E-state index contributed by atoms with van der Waals surface area (Å²) in [6.45, 7) is 0. The summed E-state index contributed by atoms with van der Waals surface area (Å²) in [5.41, 5.74) is 12.1. The number of hydrogen-bond acceptors (Lipinski definition) is 0. The Labute approximate surface area is 255 Å². The molecular weight excluding hydrogens is 532 g/mol. The SMILES string of the molecule is c1ccc(-c2ccccc2-c2cccc3c2c2ccccc2n3-c2cccc3c4ccccc4n(-c4ccccc4)c23)cc1. The van der Waals surface area contributed by atoms with Crippen LogP contribution in [0.4, 0.5) is 0 Å². The van der Waals surface area contributed by atoms with E-state index in [4.69, 9.17) is 0 Å². The van der Waals surface area contributed by atoms with Crippen LogP contribution in [0.2, 0.25) is 0 Å². The Balaban J connectivity index is 1.42. The molecule has 0 unspecified atom stereocenters. The van der Waals surface area contributed by atoms with E-state index in [1.165, 1.54) is 71.6 Å². The molecule has 2 aromatic heterocycles. The minimum atomic E-state index is 1.16. The van der Waals surface area contributed by atoms with Gasteiger partial charge in [-0.05, 0) is 58.7 Å². The molecule has 0 aliphatic rings. The number of benzene rings is 7. The van der Waals surface area contributed by atoms with Crippen LogP contribution in [0.3, 0.4) is 0 Å². The summed E-state index contributed by atoms with van der Waals surface area (Å²) in [6, 6.07) is 61.3. The maximum absolute atomic E-state index is 2.47. The number of aromatic nitrogens is 2. The minimum absolute atomic E-state index is 1.16. The molecule has 0 aliphatic heterocycles. The second-order valence-electron chi connectivity index (χ2n) is 11.3. The second kappa shape index (κ2) is 9.86. The Bertz CT molecular complexity index is 2480. The lowest BCUT2D eigenvalue weighted by atomic mass is 9.92. The van der Waals surface area contributed by atoms with Gasteiger partial charge < -0.3 is 9.13 Å². The molecule has 0 aliphatic carbocycles. The van der Waals surface area contributed by atoms with Gasteiger partial charge in [0, 0.05) is 27.2 Å². The maximum atomic E-state index is 2.47. The van der Waals surface area contributed by atoms with E-state index in [1.807, 2.05) is 0 Å². The minimum Gasteiger partial charge on any atom is -0.307 e. The highest BCUT2D eigenvalue weighted by Gasteiger charge is 2.21. The van der Waals surface area contributed by atoms with E-state index in [2.05, 4.69) is 179 Å². The lowest BCUT2D eigenvalue weighted by Crippen LogP contribution is -2.00. The van der Waals surface area contributed by atoms with Crippen LogP contribution in [-0.2, 0) is 0 Å². The molecule has 206 valence electrons. The molecule has 0 saturated carbocycles. The molecule has 2 nitrogen and oxygen atoms in total. The van der Waals surface area contributed by atoms with Gasteiger partial charge in [0.1, 0.15) is 0 Å². The Hall–Kier alpha value is -5.86. The van der Waals surface area contributed by atoms with Crippen LogP contribution < -0.4 is 0 Å². The van der Waals surface area contributed by atoms with Crippen molar-refractivity contribution < 1.29 is 0 Å². The van der Waals surface area contributed by atoms with Crippen molar-refractivity contribution in [3.8, 4) is 33.6 Å². The molecule has 2 heteroatoms. The number of fused-ring (bicyclic) bond motifs is 6.